The molecule has 4 heteroatoms. The van der Waals surface area contributed by atoms with Gasteiger partial charge in [-0.05, 0) is 13.8 Å². The van der Waals surface area contributed by atoms with Gasteiger partial charge >= 0.3 is 0 Å². The van der Waals surface area contributed by atoms with Crippen molar-refractivity contribution >= 4 is 5.91 Å². The van der Waals surface area contributed by atoms with E-state index in [2.05, 4.69) is 5.32 Å². The summed E-state index contributed by atoms with van der Waals surface area (Å²) in [6, 6.07) is -0.326. The Morgan fingerprint density at radius 1 is 1.62 bits per heavy atom. The van der Waals surface area contributed by atoms with E-state index >= 15 is 0 Å². The third-order valence-electron chi connectivity index (χ3n) is 1.35. The first-order valence-corrected chi connectivity index (χ1v) is 4.15. The molecule has 1 unspecified atom stereocenters. The summed E-state index contributed by atoms with van der Waals surface area (Å²) < 4.78 is 4.81. The van der Waals surface area contributed by atoms with Gasteiger partial charge in [-0.25, -0.2) is 0 Å². The van der Waals surface area contributed by atoms with Gasteiger partial charge in [0.25, 0.3) is 0 Å². The highest BCUT2D eigenvalue weighted by atomic mass is 16.5. The number of nitrogens with one attached hydrogen (secondary N) is 1. The van der Waals surface area contributed by atoms with Crippen molar-refractivity contribution in [1.29, 1.82) is 0 Å². The minimum Gasteiger partial charge on any atom is -0.394 e. The molecule has 4 nitrogen and oxygen atoms in total. The Morgan fingerprint density at radius 2 is 2.23 bits per heavy atom. The lowest BCUT2D eigenvalue weighted by Crippen LogP contribution is -2.39. The second-order valence-electron chi connectivity index (χ2n) is 3.07. The number of methoxy groups -OCH3 is 1. The Kier molecular flexibility index (Phi) is 6.18. The molecule has 0 fully saturated rings. The molecule has 0 bridgehead atoms. The molecule has 0 saturated carbocycles. The molecule has 1 amide bonds. The lowest BCUT2D eigenvalue weighted by atomic mass is 10.3. The molecule has 2 N–H and O–H groups in total. The molecule has 0 aromatic carbocycles. The van der Waals surface area contributed by atoms with Crippen LogP contribution in [0.4, 0.5) is 0 Å². The van der Waals surface area contributed by atoms with Crippen LogP contribution < -0.4 is 5.32 Å². The summed E-state index contributed by atoms with van der Waals surface area (Å²) in [5, 5.41) is 11.4. The molecule has 0 spiro atoms. The molecule has 0 aromatic rings. The number of aliphatic hydroxyl groups is 1. The number of aliphatic hydroxyl groups excluding tert-OH is 1. The summed E-state index contributed by atoms with van der Waals surface area (Å²) in [5.74, 6) is -0.198. The van der Waals surface area contributed by atoms with Crippen molar-refractivity contribution in [1.82, 2.24) is 5.32 Å². The van der Waals surface area contributed by atoms with Crippen molar-refractivity contribution in [3.63, 3.8) is 0 Å². The van der Waals surface area contributed by atoms with Crippen LogP contribution in [0.25, 0.3) is 0 Å². The highest BCUT2D eigenvalue weighted by molar-refractivity contribution is 5.88. The zero-order chi connectivity index (χ0) is 10.3. The van der Waals surface area contributed by atoms with Gasteiger partial charge in [0.05, 0.1) is 19.3 Å². The molecule has 0 saturated heterocycles. The topological polar surface area (TPSA) is 58.6 Å². The van der Waals surface area contributed by atoms with Crippen LogP contribution in [-0.2, 0) is 9.53 Å². The monoisotopic (exact) mass is 187 g/mol. The van der Waals surface area contributed by atoms with Gasteiger partial charge in [0, 0.05) is 13.2 Å². The maximum atomic E-state index is 11.1. The molecule has 0 heterocycles. The Hall–Kier alpha value is -0.870. The van der Waals surface area contributed by atoms with Crippen molar-refractivity contribution in [2.75, 3.05) is 20.3 Å². The highest BCUT2D eigenvalue weighted by Crippen LogP contribution is 1.89. The molecule has 1 atom stereocenters. The lowest BCUT2D eigenvalue weighted by Gasteiger charge is -2.13. The van der Waals surface area contributed by atoms with Crippen LogP contribution in [0.3, 0.4) is 0 Å². The Labute approximate surface area is 78.6 Å². The molecule has 0 radical (unpaired) electrons. The molecule has 0 aliphatic heterocycles. The van der Waals surface area contributed by atoms with Gasteiger partial charge in [0.2, 0.25) is 5.91 Å². The third kappa shape index (κ3) is 6.31. The number of hydrogen-bond acceptors (Lipinski definition) is 3. The second-order valence-corrected chi connectivity index (χ2v) is 3.07. The van der Waals surface area contributed by atoms with E-state index in [-0.39, 0.29) is 18.6 Å². The van der Waals surface area contributed by atoms with Crippen LogP contribution in [0.2, 0.25) is 0 Å². The SMILES string of the molecule is COCC(CO)NC(=O)C=C(C)C. The predicted molar refractivity (Wildman–Crippen MR) is 50.3 cm³/mol. The zero-order valence-electron chi connectivity index (χ0n) is 8.33. The largest absolute Gasteiger partial charge is 0.394 e. The number of allylic oxidation sites excluding steroid dienone is 1. The summed E-state index contributed by atoms with van der Waals surface area (Å²) in [6.07, 6.45) is 1.48. The number of carbonyl (C=O) groups excluding carboxylic acids is 1. The van der Waals surface area contributed by atoms with E-state index in [1.807, 2.05) is 13.8 Å². The molecule has 76 valence electrons. The first-order valence-electron chi connectivity index (χ1n) is 4.15. The summed E-state index contributed by atoms with van der Waals surface area (Å²) in [5.41, 5.74) is 0.923. The van der Waals surface area contributed by atoms with E-state index < -0.39 is 0 Å². The average Bonchev–Trinajstić information content (AvgIpc) is 2.02. The van der Waals surface area contributed by atoms with Gasteiger partial charge in [0.1, 0.15) is 0 Å². The van der Waals surface area contributed by atoms with Crippen molar-refractivity contribution in [2.24, 2.45) is 0 Å². The van der Waals surface area contributed by atoms with E-state index in [1.54, 1.807) is 0 Å². The number of ether oxygens (including phenoxy) is 1. The fraction of sp³-hybridized carbons (Fsp3) is 0.667. The summed E-state index contributed by atoms with van der Waals surface area (Å²) in [7, 11) is 1.52. The quantitative estimate of drug-likeness (QED) is 0.599. The molecule has 0 aromatic heterocycles. The van der Waals surface area contributed by atoms with Crippen LogP contribution in [0, 0.1) is 0 Å². The number of amides is 1. The van der Waals surface area contributed by atoms with Crippen LogP contribution >= 0.6 is 0 Å². The van der Waals surface area contributed by atoms with E-state index in [9.17, 15) is 4.79 Å². The van der Waals surface area contributed by atoms with Crippen LogP contribution in [0.15, 0.2) is 11.6 Å². The van der Waals surface area contributed by atoms with E-state index in [0.29, 0.717) is 6.61 Å². The van der Waals surface area contributed by atoms with Crippen LogP contribution in [0.1, 0.15) is 13.8 Å². The summed E-state index contributed by atoms with van der Waals surface area (Å²) >= 11 is 0. The smallest absolute Gasteiger partial charge is 0.244 e. The first-order chi connectivity index (χ1) is 6.10. The molecule has 13 heavy (non-hydrogen) atoms. The fourth-order valence-electron chi connectivity index (χ4n) is 0.846. The third-order valence-corrected chi connectivity index (χ3v) is 1.35. The minimum absolute atomic E-state index is 0.115. The summed E-state index contributed by atoms with van der Waals surface area (Å²) in [6.45, 7) is 3.88. The van der Waals surface area contributed by atoms with Crippen molar-refractivity contribution < 1.29 is 14.6 Å². The Morgan fingerprint density at radius 3 is 2.62 bits per heavy atom. The van der Waals surface area contributed by atoms with Crippen molar-refractivity contribution in [2.45, 2.75) is 19.9 Å². The second kappa shape index (κ2) is 6.62. The number of hydrogen-bond donors (Lipinski definition) is 2. The van der Waals surface area contributed by atoms with E-state index in [4.69, 9.17) is 9.84 Å². The molecule has 0 aliphatic carbocycles. The van der Waals surface area contributed by atoms with Crippen LogP contribution in [0.5, 0.6) is 0 Å². The minimum atomic E-state index is -0.326. The Balaban J connectivity index is 3.94. The molecular weight excluding hydrogens is 170 g/mol. The van der Waals surface area contributed by atoms with Gasteiger partial charge in [-0.2, -0.15) is 0 Å². The predicted octanol–water partition coefficient (Wildman–Crippen LogP) is 0.0761. The fourth-order valence-corrected chi connectivity index (χ4v) is 0.846. The van der Waals surface area contributed by atoms with E-state index in [1.165, 1.54) is 13.2 Å². The normalized spacial score (nSPS) is 12.0. The summed E-state index contributed by atoms with van der Waals surface area (Å²) in [4.78, 5) is 11.1. The van der Waals surface area contributed by atoms with Gasteiger partial charge < -0.3 is 15.2 Å². The lowest BCUT2D eigenvalue weighted by molar-refractivity contribution is -0.117. The molecular formula is C9H17NO3. The standard InChI is InChI=1S/C9H17NO3/c1-7(2)4-9(12)10-8(5-11)6-13-3/h4,8,11H,5-6H2,1-3H3,(H,10,12). The maximum Gasteiger partial charge on any atom is 0.244 e. The van der Waals surface area contributed by atoms with Crippen molar-refractivity contribution in [3.05, 3.63) is 11.6 Å². The number of carbonyl (C=O) groups is 1. The number of rotatable bonds is 5. The maximum absolute atomic E-state index is 11.1. The first kappa shape index (κ1) is 12.1. The zero-order valence-corrected chi connectivity index (χ0v) is 8.33. The van der Waals surface area contributed by atoms with Gasteiger partial charge in [-0.1, -0.05) is 5.57 Å². The van der Waals surface area contributed by atoms with E-state index in [0.717, 1.165) is 5.57 Å². The Bertz CT molecular complexity index is 185. The molecule has 0 rings (SSSR count). The van der Waals surface area contributed by atoms with Gasteiger partial charge in [0.15, 0.2) is 0 Å². The van der Waals surface area contributed by atoms with Gasteiger partial charge in [-0.15, -0.1) is 0 Å². The highest BCUT2D eigenvalue weighted by Gasteiger charge is 2.08. The average molecular weight is 187 g/mol. The van der Waals surface area contributed by atoms with Gasteiger partial charge in [-0.3, -0.25) is 4.79 Å². The van der Waals surface area contributed by atoms with Crippen molar-refractivity contribution in [3.8, 4) is 0 Å². The van der Waals surface area contributed by atoms with Crippen LogP contribution in [-0.4, -0.2) is 37.4 Å². The molecule has 0 aliphatic rings.